The molecule has 0 radical (unpaired) electrons. The predicted molar refractivity (Wildman–Crippen MR) is 63.4 cm³/mol. The molecule has 0 heterocycles. The number of anilines is 1. The Morgan fingerprint density at radius 2 is 2.06 bits per heavy atom. The molecule has 2 unspecified atom stereocenters. The molecule has 0 bridgehead atoms. The van der Waals surface area contributed by atoms with Crippen molar-refractivity contribution in [3.05, 3.63) is 30.3 Å². The van der Waals surface area contributed by atoms with E-state index in [4.69, 9.17) is 5.11 Å². The number of nitrogens with one attached hydrogen (secondary N) is 1. The number of rotatable bonds is 4. The quantitative estimate of drug-likeness (QED) is 0.818. The maximum absolute atomic E-state index is 10.8. The Hall–Kier alpha value is -1.51. The summed E-state index contributed by atoms with van der Waals surface area (Å²) in [4.78, 5) is 10.8. The van der Waals surface area contributed by atoms with Gasteiger partial charge in [0, 0.05) is 12.2 Å². The van der Waals surface area contributed by atoms with Crippen molar-refractivity contribution in [3.8, 4) is 0 Å². The zero-order chi connectivity index (χ0) is 11.4. The Bertz CT molecular complexity index is 350. The van der Waals surface area contributed by atoms with Gasteiger partial charge >= 0.3 is 5.97 Å². The summed E-state index contributed by atoms with van der Waals surface area (Å²) in [5, 5.41) is 12.2. The summed E-state index contributed by atoms with van der Waals surface area (Å²) in [5.41, 5.74) is 1.11. The minimum Gasteiger partial charge on any atom is -0.481 e. The maximum atomic E-state index is 10.8. The van der Waals surface area contributed by atoms with Crippen LogP contribution in [0.15, 0.2) is 30.3 Å². The molecule has 1 saturated carbocycles. The number of aliphatic carboxylic acids is 1. The fraction of sp³-hybridized carbons (Fsp3) is 0.462. The van der Waals surface area contributed by atoms with Crippen molar-refractivity contribution in [1.29, 1.82) is 0 Å². The first-order chi connectivity index (χ1) is 7.75. The molecule has 1 fully saturated rings. The van der Waals surface area contributed by atoms with Crippen LogP contribution in [0.5, 0.6) is 0 Å². The highest BCUT2D eigenvalue weighted by Gasteiger charge is 2.29. The second-order valence-electron chi connectivity index (χ2n) is 4.46. The standard InChI is InChI=1S/C13H17NO2/c15-13(16)11-7-6-10(8-11)9-14-12-4-2-1-3-5-12/h1-5,10-11,14H,6-9H2,(H,15,16). The molecule has 16 heavy (non-hydrogen) atoms. The van der Waals surface area contributed by atoms with E-state index >= 15 is 0 Å². The fourth-order valence-corrected chi connectivity index (χ4v) is 2.30. The number of carbonyl (C=O) groups is 1. The van der Waals surface area contributed by atoms with Gasteiger partial charge in [0.2, 0.25) is 0 Å². The molecule has 1 aliphatic carbocycles. The first-order valence-electron chi connectivity index (χ1n) is 5.77. The first-order valence-corrected chi connectivity index (χ1v) is 5.77. The molecule has 0 aromatic heterocycles. The molecule has 1 aromatic rings. The first kappa shape index (κ1) is 11.0. The minimum absolute atomic E-state index is 0.123. The SMILES string of the molecule is O=C(O)C1CCC(CNc2ccccc2)C1. The van der Waals surface area contributed by atoms with Gasteiger partial charge < -0.3 is 10.4 Å². The molecule has 2 N–H and O–H groups in total. The van der Waals surface area contributed by atoms with Gasteiger partial charge in [-0.2, -0.15) is 0 Å². The summed E-state index contributed by atoms with van der Waals surface area (Å²) in [6, 6.07) is 10.0. The van der Waals surface area contributed by atoms with E-state index in [0.717, 1.165) is 31.5 Å². The highest BCUT2D eigenvalue weighted by molar-refractivity contribution is 5.70. The van der Waals surface area contributed by atoms with Crippen LogP contribution in [-0.4, -0.2) is 17.6 Å². The Balaban J connectivity index is 1.78. The van der Waals surface area contributed by atoms with Crippen LogP contribution in [0.1, 0.15) is 19.3 Å². The van der Waals surface area contributed by atoms with Gasteiger partial charge in [-0.15, -0.1) is 0 Å². The maximum Gasteiger partial charge on any atom is 0.306 e. The molecular weight excluding hydrogens is 202 g/mol. The number of carboxylic acid groups (broad SMARTS) is 1. The lowest BCUT2D eigenvalue weighted by molar-refractivity contribution is -0.141. The third-order valence-corrected chi connectivity index (χ3v) is 3.26. The Kier molecular flexibility index (Phi) is 3.44. The average molecular weight is 219 g/mol. The van der Waals surface area contributed by atoms with Crippen molar-refractivity contribution in [2.75, 3.05) is 11.9 Å². The van der Waals surface area contributed by atoms with Crippen LogP contribution in [0.4, 0.5) is 5.69 Å². The number of hydrogen-bond donors (Lipinski definition) is 2. The zero-order valence-corrected chi connectivity index (χ0v) is 9.23. The van der Waals surface area contributed by atoms with Crippen LogP contribution in [-0.2, 0) is 4.79 Å². The van der Waals surface area contributed by atoms with Crippen LogP contribution in [0, 0.1) is 11.8 Å². The summed E-state index contributed by atoms with van der Waals surface area (Å²) < 4.78 is 0. The third-order valence-electron chi connectivity index (χ3n) is 3.26. The molecule has 2 atom stereocenters. The second-order valence-corrected chi connectivity index (χ2v) is 4.46. The summed E-state index contributed by atoms with van der Waals surface area (Å²) in [6.07, 6.45) is 2.67. The van der Waals surface area contributed by atoms with Gasteiger partial charge in [0.05, 0.1) is 5.92 Å². The van der Waals surface area contributed by atoms with Gasteiger partial charge in [-0.1, -0.05) is 18.2 Å². The molecule has 0 aliphatic heterocycles. The molecule has 86 valence electrons. The molecule has 0 spiro atoms. The van der Waals surface area contributed by atoms with Gasteiger partial charge in [0.15, 0.2) is 0 Å². The number of benzene rings is 1. The van der Waals surface area contributed by atoms with Crippen LogP contribution in [0.3, 0.4) is 0 Å². The van der Waals surface area contributed by atoms with E-state index in [-0.39, 0.29) is 5.92 Å². The second kappa shape index (κ2) is 5.01. The van der Waals surface area contributed by atoms with Gasteiger partial charge in [0.25, 0.3) is 0 Å². The van der Waals surface area contributed by atoms with E-state index in [1.165, 1.54) is 0 Å². The lowest BCUT2D eigenvalue weighted by atomic mass is 10.1. The predicted octanol–water partition coefficient (Wildman–Crippen LogP) is 2.60. The topological polar surface area (TPSA) is 49.3 Å². The van der Waals surface area contributed by atoms with Gasteiger partial charge in [-0.3, -0.25) is 4.79 Å². The van der Waals surface area contributed by atoms with E-state index in [2.05, 4.69) is 5.32 Å². The van der Waals surface area contributed by atoms with Crippen LogP contribution in [0.25, 0.3) is 0 Å². The Labute approximate surface area is 95.5 Å². The van der Waals surface area contributed by atoms with Crippen LogP contribution in [0.2, 0.25) is 0 Å². The highest BCUT2D eigenvalue weighted by Crippen LogP contribution is 2.31. The molecular formula is C13H17NO2. The summed E-state index contributed by atoms with van der Waals surface area (Å²) in [5.74, 6) is -0.258. The zero-order valence-electron chi connectivity index (χ0n) is 9.23. The fourth-order valence-electron chi connectivity index (χ4n) is 2.30. The van der Waals surface area contributed by atoms with Crippen molar-refractivity contribution < 1.29 is 9.90 Å². The van der Waals surface area contributed by atoms with E-state index in [1.54, 1.807) is 0 Å². The smallest absolute Gasteiger partial charge is 0.306 e. The van der Waals surface area contributed by atoms with Crippen LogP contribution >= 0.6 is 0 Å². The van der Waals surface area contributed by atoms with Crippen LogP contribution < -0.4 is 5.32 Å². The minimum atomic E-state index is -0.637. The average Bonchev–Trinajstić information content (AvgIpc) is 2.76. The lowest BCUT2D eigenvalue weighted by Crippen LogP contribution is -2.14. The van der Waals surface area contributed by atoms with Crippen molar-refractivity contribution in [2.24, 2.45) is 11.8 Å². The van der Waals surface area contributed by atoms with E-state index < -0.39 is 5.97 Å². The van der Waals surface area contributed by atoms with Gasteiger partial charge in [0.1, 0.15) is 0 Å². The monoisotopic (exact) mass is 219 g/mol. The van der Waals surface area contributed by atoms with Crippen molar-refractivity contribution in [2.45, 2.75) is 19.3 Å². The molecule has 2 rings (SSSR count). The van der Waals surface area contributed by atoms with Gasteiger partial charge in [-0.05, 0) is 37.3 Å². The highest BCUT2D eigenvalue weighted by atomic mass is 16.4. The lowest BCUT2D eigenvalue weighted by Gasteiger charge is -2.11. The molecule has 0 saturated heterocycles. The Morgan fingerprint density at radius 3 is 2.69 bits per heavy atom. The van der Waals surface area contributed by atoms with E-state index in [9.17, 15) is 4.79 Å². The van der Waals surface area contributed by atoms with Crippen molar-refractivity contribution in [3.63, 3.8) is 0 Å². The number of para-hydroxylation sites is 1. The normalized spacial score (nSPS) is 24.2. The summed E-state index contributed by atoms with van der Waals surface area (Å²) >= 11 is 0. The molecule has 3 heteroatoms. The number of carboxylic acids is 1. The molecule has 1 aromatic carbocycles. The number of hydrogen-bond acceptors (Lipinski definition) is 2. The molecule has 0 amide bonds. The third kappa shape index (κ3) is 2.75. The Morgan fingerprint density at radius 1 is 1.31 bits per heavy atom. The molecule has 3 nitrogen and oxygen atoms in total. The molecule has 1 aliphatic rings. The van der Waals surface area contributed by atoms with Gasteiger partial charge in [-0.25, -0.2) is 0 Å². The van der Waals surface area contributed by atoms with E-state index in [0.29, 0.717) is 5.92 Å². The summed E-state index contributed by atoms with van der Waals surface area (Å²) in [7, 11) is 0. The largest absolute Gasteiger partial charge is 0.481 e. The summed E-state index contributed by atoms with van der Waals surface area (Å²) in [6.45, 7) is 0.883. The van der Waals surface area contributed by atoms with E-state index in [1.807, 2.05) is 30.3 Å². The van der Waals surface area contributed by atoms with Crippen molar-refractivity contribution in [1.82, 2.24) is 0 Å². The van der Waals surface area contributed by atoms with Crippen molar-refractivity contribution >= 4 is 11.7 Å².